The molecule has 0 aromatic heterocycles. The summed E-state index contributed by atoms with van der Waals surface area (Å²) >= 11 is 3.84. The lowest BCUT2D eigenvalue weighted by Gasteiger charge is -2.32. The predicted octanol–water partition coefficient (Wildman–Crippen LogP) is 2.88. The van der Waals surface area contributed by atoms with Crippen LogP contribution in [0, 0.1) is 0 Å². The predicted molar refractivity (Wildman–Crippen MR) is 67.6 cm³/mol. The Labute approximate surface area is 104 Å². The summed E-state index contributed by atoms with van der Waals surface area (Å²) in [4.78, 5) is 12.9. The van der Waals surface area contributed by atoms with Gasteiger partial charge in [-0.2, -0.15) is 0 Å². The fraction of sp³-hybridized carbons (Fsp3) is 0.909. The van der Waals surface area contributed by atoms with Crippen LogP contribution in [0.4, 0.5) is 4.79 Å². The van der Waals surface area contributed by atoms with E-state index in [1.165, 1.54) is 4.90 Å². The highest BCUT2D eigenvalue weighted by Crippen LogP contribution is 2.12. The van der Waals surface area contributed by atoms with E-state index in [1.807, 2.05) is 27.7 Å². The molecule has 0 aliphatic heterocycles. The third-order valence-corrected chi connectivity index (χ3v) is 2.36. The zero-order valence-electron chi connectivity index (χ0n) is 10.6. The third-order valence-electron chi connectivity index (χ3n) is 2.13. The second-order valence-corrected chi connectivity index (χ2v) is 4.01. The summed E-state index contributed by atoms with van der Waals surface area (Å²) in [6, 6.07) is 0. The minimum absolute atomic E-state index is 0.309. The lowest BCUT2D eigenvalue weighted by atomic mass is 10.4. The van der Waals surface area contributed by atoms with Crippen LogP contribution in [0.15, 0.2) is 0 Å². The summed E-state index contributed by atoms with van der Waals surface area (Å²) < 4.78 is 11.0. The van der Waals surface area contributed by atoms with Crippen LogP contribution >= 0.6 is 12.6 Å². The molecule has 0 saturated heterocycles. The van der Waals surface area contributed by atoms with Gasteiger partial charge in [0.15, 0.2) is 0 Å². The summed E-state index contributed by atoms with van der Waals surface area (Å²) in [7, 11) is 0. The maximum absolute atomic E-state index is 11.4. The van der Waals surface area contributed by atoms with Gasteiger partial charge >= 0.3 is 0 Å². The van der Waals surface area contributed by atoms with Crippen molar-refractivity contribution in [3.63, 3.8) is 0 Å². The SMILES string of the molecule is CCCOC(C)N(C(=O)S)C(C)OCCC. The van der Waals surface area contributed by atoms with E-state index in [9.17, 15) is 4.79 Å². The molecule has 4 nitrogen and oxygen atoms in total. The van der Waals surface area contributed by atoms with E-state index in [1.54, 1.807) is 0 Å². The molecule has 0 rings (SSSR count). The molecule has 16 heavy (non-hydrogen) atoms. The minimum atomic E-state index is -0.327. The van der Waals surface area contributed by atoms with Crippen LogP contribution in [0.25, 0.3) is 0 Å². The molecule has 5 heteroatoms. The van der Waals surface area contributed by atoms with Crippen molar-refractivity contribution in [1.82, 2.24) is 4.90 Å². The van der Waals surface area contributed by atoms with Crippen LogP contribution in [0.2, 0.25) is 0 Å². The molecule has 0 heterocycles. The average Bonchev–Trinajstić information content (AvgIpc) is 2.23. The number of amides is 1. The number of ether oxygens (including phenoxy) is 2. The van der Waals surface area contributed by atoms with Crippen LogP contribution in [-0.2, 0) is 9.47 Å². The van der Waals surface area contributed by atoms with Crippen molar-refractivity contribution >= 4 is 17.9 Å². The van der Waals surface area contributed by atoms with Crippen molar-refractivity contribution in [2.75, 3.05) is 13.2 Å². The van der Waals surface area contributed by atoms with E-state index in [0.717, 1.165) is 12.8 Å². The molecule has 2 atom stereocenters. The van der Waals surface area contributed by atoms with E-state index < -0.39 is 0 Å². The number of hydrogen-bond donors (Lipinski definition) is 1. The topological polar surface area (TPSA) is 38.8 Å². The van der Waals surface area contributed by atoms with Crippen molar-refractivity contribution in [3.8, 4) is 0 Å². The van der Waals surface area contributed by atoms with Gasteiger partial charge in [-0.1, -0.05) is 26.5 Å². The second-order valence-electron chi connectivity index (χ2n) is 3.63. The fourth-order valence-electron chi connectivity index (χ4n) is 1.34. The molecule has 0 bridgehead atoms. The molecule has 96 valence electrons. The molecule has 0 aromatic rings. The Kier molecular flexibility index (Phi) is 8.70. The van der Waals surface area contributed by atoms with Crippen molar-refractivity contribution < 1.29 is 14.3 Å². The first-order valence-corrected chi connectivity index (χ1v) is 6.23. The molecule has 2 unspecified atom stereocenters. The summed E-state index contributed by atoms with van der Waals surface area (Å²) in [5, 5.41) is -0.327. The Balaban J connectivity index is 4.28. The average molecular weight is 249 g/mol. The van der Waals surface area contributed by atoms with E-state index in [-0.39, 0.29) is 17.7 Å². The van der Waals surface area contributed by atoms with Gasteiger partial charge in [0.05, 0.1) is 0 Å². The van der Waals surface area contributed by atoms with Gasteiger partial charge in [-0.25, -0.2) is 0 Å². The Morgan fingerprint density at radius 1 is 1.12 bits per heavy atom. The molecular formula is C11H23NO3S. The molecule has 0 aliphatic rings. The van der Waals surface area contributed by atoms with Crippen molar-refractivity contribution in [2.24, 2.45) is 0 Å². The quantitative estimate of drug-likeness (QED) is 0.531. The Bertz CT molecular complexity index is 188. The molecule has 0 aromatic carbocycles. The lowest BCUT2D eigenvalue weighted by Crippen LogP contribution is -2.45. The van der Waals surface area contributed by atoms with Crippen molar-refractivity contribution in [2.45, 2.75) is 53.0 Å². The van der Waals surface area contributed by atoms with E-state index in [0.29, 0.717) is 13.2 Å². The Morgan fingerprint density at radius 3 is 1.75 bits per heavy atom. The highest BCUT2D eigenvalue weighted by molar-refractivity contribution is 7.96. The van der Waals surface area contributed by atoms with Gasteiger partial charge in [0, 0.05) is 13.2 Å². The summed E-state index contributed by atoms with van der Waals surface area (Å²) in [5.74, 6) is 0. The van der Waals surface area contributed by atoms with Crippen molar-refractivity contribution in [1.29, 1.82) is 0 Å². The van der Waals surface area contributed by atoms with E-state index in [4.69, 9.17) is 9.47 Å². The zero-order valence-corrected chi connectivity index (χ0v) is 11.5. The molecule has 0 radical (unpaired) electrons. The normalized spacial score (nSPS) is 14.6. The first-order valence-electron chi connectivity index (χ1n) is 5.79. The maximum Gasteiger partial charge on any atom is 0.282 e. The van der Waals surface area contributed by atoms with Gasteiger partial charge in [0.1, 0.15) is 12.5 Å². The number of nitrogens with zero attached hydrogens (tertiary/aromatic N) is 1. The summed E-state index contributed by atoms with van der Waals surface area (Å²) in [6.45, 7) is 8.96. The molecule has 0 aliphatic carbocycles. The van der Waals surface area contributed by atoms with Gasteiger partial charge < -0.3 is 9.47 Å². The zero-order chi connectivity index (χ0) is 12.6. The maximum atomic E-state index is 11.4. The van der Waals surface area contributed by atoms with Crippen LogP contribution < -0.4 is 0 Å². The fourth-order valence-corrected chi connectivity index (χ4v) is 1.67. The van der Waals surface area contributed by atoms with Gasteiger partial charge in [0.25, 0.3) is 5.24 Å². The molecule has 0 fully saturated rings. The molecular weight excluding hydrogens is 226 g/mol. The monoisotopic (exact) mass is 249 g/mol. The first kappa shape index (κ1) is 15.7. The number of carbonyl (C=O) groups is 1. The van der Waals surface area contributed by atoms with Crippen molar-refractivity contribution in [3.05, 3.63) is 0 Å². The standard InChI is InChI=1S/C11H23NO3S/c1-5-7-14-9(3)12(11(13)16)10(4)15-8-6-2/h9-10H,5-8H2,1-4H3,(H,13,16). The summed E-state index contributed by atoms with van der Waals surface area (Å²) in [5.41, 5.74) is 0. The first-order chi connectivity index (χ1) is 7.54. The van der Waals surface area contributed by atoms with E-state index >= 15 is 0 Å². The Morgan fingerprint density at radius 2 is 1.50 bits per heavy atom. The number of thiol groups is 1. The van der Waals surface area contributed by atoms with Crippen LogP contribution in [0.3, 0.4) is 0 Å². The minimum Gasteiger partial charge on any atom is -0.358 e. The third kappa shape index (κ3) is 5.72. The second kappa shape index (κ2) is 8.84. The number of rotatable bonds is 8. The smallest absolute Gasteiger partial charge is 0.282 e. The van der Waals surface area contributed by atoms with Gasteiger partial charge in [0.2, 0.25) is 0 Å². The highest BCUT2D eigenvalue weighted by atomic mass is 32.1. The molecule has 1 amide bonds. The Hall–Kier alpha value is -0.260. The van der Waals surface area contributed by atoms with Crippen LogP contribution in [0.1, 0.15) is 40.5 Å². The largest absolute Gasteiger partial charge is 0.358 e. The highest BCUT2D eigenvalue weighted by Gasteiger charge is 2.24. The number of hydrogen-bond acceptors (Lipinski definition) is 3. The van der Waals surface area contributed by atoms with Crippen LogP contribution in [0.5, 0.6) is 0 Å². The lowest BCUT2D eigenvalue weighted by molar-refractivity contribution is -0.109. The molecule has 0 saturated carbocycles. The molecule has 0 N–H and O–H groups in total. The van der Waals surface area contributed by atoms with Gasteiger partial charge in [-0.3, -0.25) is 9.69 Å². The van der Waals surface area contributed by atoms with Gasteiger partial charge in [-0.15, -0.1) is 0 Å². The summed E-state index contributed by atoms with van der Waals surface area (Å²) in [6.07, 6.45) is 1.22. The van der Waals surface area contributed by atoms with Crippen LogP contribution in [-0.4, -0.2) is 35.8 Å². The van der Waals surface area contributed by atoms with Gasteiger partial charge in [-0.05, 0) is 26.7 Å². The molecule has 0 spiro atoms. The van der Waals surface area contributed by atoms with E-state index in [2.05, 4.69) is 12.6 Å². The number of carbonyl (C=O) groups excluding carboxylic acids is 1.